The van der Waals surface area contributed by atoms with Crippen LogP contribution in [0.2, 0.25) is 0 Å². The maximum Gasteiger partial charge on any atom is 0.281 e. The Labute approximate surface area is 121 Å². The molecule has 0 amide bonds. The zero-order chi connectivity index (χ0) is 13.9. The van der Waals surface area contributed by atoms with Crippen LogP contribution in [0, 0.1) is 0 Å². The number of thiazole rings is 1. The van der Waals surface area contributed by atoms with Crippen LogP contribution in [0.3, 0.4) is 0 Å². The molecule has 5 nitrogen and oxygen atoms in total. The number of phenolic OH excluding ortho intramolecular Hbond substituents is 1. The average molecular weight is 301 g/mol. The van der Waals surface area contributed by atoms with E-state index in [0.29, 0.717) is 21.5 Å². The van der Waals surface area contributed by atoms with Crippen molar-refractivity contribution in [2.45, 2.75) is 4.90 Å². The minimum atomic E-state index is -0.313. The van der Waals surface area contributed by atoms with Gasteiger partial charge in [0.15, 0.2) is 10.6 Å². The number of pyridine rings is 1. The van der Waals surface area contributed by atoms with Crippen molar-refractivity contribution in [3.63, 3.8) is 0 Å². The molecule has 0 aliphatic carbocycles. The van der Waals surface area contributed by atoms with Crippen molar-refractivity contribution < 1.29 is 5.11 Å². The number of thiol groups is 1. The number of fused-ring (bicyclic) bond motifs is 5. The highest BCUT2D eigenvalue weighted by Gasteiger charge is 2.13. The summed E-state index contributed by atoms with van der Waals surface area (Å²) in [5.41, 5.74) is 0.963. The van der Waals surface area contributed by atoms with Gasteiger partial charge in [0.2, 0.25) is 0 Å². The molecular weight excluding hydrogens is 294 g/mol. The van der Waals surface area contributed by atoms with Gasteiger partial charge in [0.25, 0.3) is 5.56 Å². The number of phenols is 1. The summed E-state index contributed by atoms with van der Waals surface area (Å²) in [5.74, 6) is 0.0956. The molecule has 0 spiro atoms. The van der Waals surface area contributed by atoms with Crippen molar-refractivity contribution in [1.82, 2.24) is 14.4 Å². The lowest BCUT2D eigenvalue weighted by Gasteiger charge is -2.02. The molecule has 0 saturated heterocycles. The molecule has 98 valence electrons. The molecule has 4 aromatic rings. The lowest BCUT2D eigenvalue weighted by Crippen LogP contribution is -2.08. The number of nitrogens with zero attached hydrogens (tertiary/aromatic N) is 3. The molecule has 1 aromatic carbocycles. The normalized spacial score (nSPS) is 11.7. The fourth-order valence-electron chi connectivity index (χ4n) is 2.24. The van der Waals surface area contributed by atoms with E-state index < -0.39 is 0 Å². The maximum absolute atomic E-state index is 12.0. The van der Waals surface area contributed by atoms with Crippen LogP contribution in [0.25, 0.3) is 26.2 Å². The number of aromatic hydroxyl groups is 1. The molecule has 0 radical (unpaired) electrons. The van der Waals surface area contributed by atoms with Gasteiger partial charge in [0.1, 0.15) is 5.75 Å². The molecule has 3 heterocycles. The summed E-state index contributed by atoms with van der Waals surface area (Å²) in [6, 6.07) is 6.38. The Morgan fingerprint density at radius 1 is 1.30 bits per heavy atom. The average Bonchev–Trinajstić information content (AvgIpc) is 2.78. The van der Waals surface area contributed by atoms with Crippen LogP contribution in [-0.4, -0.2) is 19.5 Å². The number of hydrogen-bond acceptors (Lipinski definition) is 6. The molecule has 0 unspecified atom stereocenters. The number of aromatic nitrogens is 3. The molecule has 0 saturated carbocycles. The summed E-state index contributed by atoms with van der Waals surface area (Å²) in [7, 11) is 0. The quantitative estimate of drug-likeness (QED) is 0.490. The Morgan fingerprint density at radius 2 is 2.15 bits per heavy atom. The van der Waals surface area contributed by atoms with Crippen LogP contribution in [0.4, 0.5) is 0 Å². The Hall–Kier alpha value is -2.12. The van der Waals surface area contributed by atoms with Gasteiger partial charge in [-0.1, -0.05) is 11.3 Å². The van der Waals surface area contributed by atoms with Crippen LogP contribution in [0.15, 0.2) is 40.2 Å². The van der Waals surface area contributed by atoms with Gasteiger partial charge < -0.3 is 5.11 Å². The molecule has 1 N–H and O–H groups in total. The summed E-state index contributed by atoms with van der Waals surface area (Å²) in [6.45, 7) is 0. The van der Waals surface area contributed by atoms with Crippen LogP contribution in [0.5, 0.6) is 5.75 Å². The van der Waals surface area contributed by atoms with Gasteiger partial charge in [-0.15, -0.1) is 12.6 Å². The van der Waals surface area contributed by atoms with E-state index in [1.807, 2.05) is 0 Å². The third-order valence-electron chi connectivity index (χ3n) is 3.11. The van der Waals surface area contributed by atoms with E-state index in [9.17, 15) is 9.90 Å². The van der Waals surface area contributed by atoms with Crippen LogP contribution >= 0.6 is 24.0 Å². The first kappa shape index (κ1) is 11.7. The second-order valence-electron chi connectivity index (χ2n) is 4.32. The zero-order valence-electron chi connectivity index (χ0n) is 9.94. The Morgan fingerprint density at radius 3 is 3.00 bits per heavy atom. The minimum Gasteiger partial charge on any atom is -0.508 e. The first-order valence-corrected chi connectivity index (χ1v) is 7.03. The van der Waals surface area contributed by atoms with Gasteiger partial charge in [-0.3, -0.25) is 9.20 Å². The van der Waals surface area contributed by atoms with E-state index >= 15 is 0 Å². The number of rotatable bonds is 0. The van der Waals surface area contributed by atoms with E-state index in [1.54, 1.807) is 28.8 Å². The van der Waals surface area contributed by atoms with Crippen molar-refractivity contribution >= 4 is 50.2 Å². The first-order chi connectivity index (χ1) is 9.65. The SMILES string of the molecule is O=c1nc2sc3c(S)ccnc3n2c2cc(O)ccc12. The van der Waals surface area contributed by atoms with Crippen molar-refractivity contribution in [3.8, 4) is 5.75 Å². The van der Waals surface area contributed by atoms with Crippen LogP contribution in [-0.2, 0) is 0 Å². The van der Waals surface area contributed by atoms with Crippen molar-refractivity contribution in [2.75, 3.05) is 0 Å². The van der Waals surface area contributed by atoms with E-state index in [1.165, 1.54) is 17.4 Å². The fraction of sp³-hybridized carbons (Fsp3) is 0. The predicted molar refractivity (Wildman–Crippen MR) is 81.1 cm³/mol. The van der Waals surface area contributed by atoms with Gasteiger partial charge in [0.05, 0.1) is 15.6 Å². The summed E-state index contributed by atoms with van der Waals surface area (Å²) in [6.07, 6.45) is 1.66. The van der Waals surface area contributed by atoms with Crippen LogP contribution < -0.4 is 5.56 Å². The zero-order valence-corrected chi connectivity index (χ0v) is 11.7. The van der Waals surface area contributed by atoms with E-state index in [-0.39, 0.29) is 11.3 Å². The monoisotopic (exact) mass is 301 g/mol. The molecule has 7 heteroatoms. The molecule has 3 aromatic heterocycles. The summed E-state index contributed by atoms with van der Waals surface area (Å²) >= 11 is 5.76. The Kier molecular flexibility index (Phi) is 2.30. The Balaban J connectivity index is 2.40. The lowest BCUT2D eigenvalue weighted by molar-refractivity contribution is 0.476. The molecule has 4 rings (SSSR count). The van der Waals surface area contributed by atoms with E-state index in [0.717, 1.165) is 9.60 Å². The number of benzene rings is 1. The highest BCUT2D eigenvalue weighted by atomic mass is 32.1. The largest absolute Gasteiger partial charge is 0.508 e. The number of hydrogen-bond donors (Lipinski definition) is 2. The minimum absolute atomic E-state index is 0.0956. The lowest BCUT2D eigenvalue weighted by atomic mass is 10.2. The first-order valence-electron chi connectivity index (χ1n) is 5.77. The third-order valence-corrected chi connectivity index (χ3v) is 4.70. The van der Waals surface area contributed by atoms with Gasteiger partial charge in [0, 0.05) is 17.2 Å². The molecule has 20 heavy (non-hydrogen) atoms. The maximum atomic E-state index is 12.0. The molecule has 0 aliphatic rings. The highest BCUT2D eigenvalue weighted by molar-refractivity contribution is 7.80. The van der Waals surface area contributed by atoms with E-state index in [4.69, 9.17) is 0 Å². The Bertz CT molecular complexity index is 1050. The van der Waals surface area contributed by atoms with Gasteiger partial charge in [-0.25, -0.2) is 4.98 Å². The molecule has 0 bridgehead atoms. The predicted octanol–water partition coefficient (Wildman–Crippen LogP) is 2.45. The van der Waals surface area contributed by atoms with Crippen molar-refractivity contribution in [3.05, 3.63) is 40.8 Å². The molecular formula is C13H7N3O2S2. The second-order valence-corrected chi connectivity index (χ2v) is 5.78. The summed E-state index contributed by atoms with van der Waals surface area (Å²) in [5, 5.41) is 10.1. The van der Waals surface area contributed by atoms with Crippen LogP contribution in [0.1, 0.15) is 0 Å². The van der Waals surface area contributed by atoms with Gasteiger partial charge >= 0.3 is 0 Å². The molecule has 0 atom stereocenters. The van der Waals surface area contributed by atoms with Crippen molar-refractivity contribution in [2.24, 2.45) is 0 Å². The fourth-order valence-corrected chi connectivity index (χ4v) is 3.53. The smallest absolute Gasteiger partial charge is 0.281 e. The summed E-state index contributed by atoms with van der Waals surface area (Å²) in [4.78, 5) is 21.8. The van der Waals surface area contributed by atoms with Crippen molar-refractivity contribution in [1.29, 1.82) is 0 Å². The van der Waals surface area contributed by atoms with Gasteiger partial charge in [-0.05, 0) is 18.2 Å². The second kappa shape index (κ2) is 3.94. The topological polar surface area (TPSA) is 67.5 Å². The molecule has 0 aliphatic heterocycles. The van der Waals surface area contributed by atoms with E-state index in [2.05, 4.69) is 22.6 Å². The third kappa shape index (κ3) is 1.47. The molecule has 0 fully saturated rings. The summed E-state index contributed by atoms with van der Waals surface area (Å²) < 4.78 is 2.63. The standard InChI is InChI=1S/C13H7N3O2S2/c17-6-1-2-7-8(5-6)16-11-10(9(19)3-4-14-11)20-13(16)15-12(7)18/h1-5,17H,(H,14,19). The van der Waals surface area contributed by atoms with Gasteiger partial charge in [-0.2, -0.15) is 4.98 Å². The highest BCUT2D eigenvalue weighted by Crippen LogP contribution is 2.31.